The van der Waals surface area contributed by atoms with Crippen LogP contribution in [0, 0.1) is 5.92 Å². The van der Waals surface area contributed by atoms with E-state index in [0.29, 0.717) is 17.1 Å². The van der Waals surface area contributed by atoms with E-state index in [1.54, 1.807) is 20.9 Å². The van der Waals surface area contributed by atoms with Gasteiger partial charge >= 0.3 is 0 Å². The number of Topliss-reactive ketones (excluding diaryl/α,β-unsaturated/α-hetero) is 1. The molecule has 0 spiro atoms. The fourth-order valence-corrected chi connectivity index (χ4v) is 3.30. The van der Waals surface area contributed by atoms with E-state index in [4.69, 9.17) is 0 Å². The summed E-state index contributed by atoms with van der Waals surface area (Å²) in [7, 11) is -2.16. The number of sulfonamides is 1. The van der Waals surface area contributed by atoms with Crippen LogP contribution in [0.5, 0.6) is 0 Å². The molecule has 1 heterocycles. The van der Waals surface area contributed by atoms with Gasteiger partial charge in [0.1, 0.15) is 5.69 Å². The summed E-state index contributed by atoms with van der Waals surface area (Å²) in [4.78, 5) is 12.0. The first-order chi connectivity index (χ1) is 11.1. The van der Waals surface area contributed by atoms with Gasteiger partial charge in [0.25, 0.3) is 10.0 Å². The van der Waals surface area contributed by atoms with E-state index in [1.165, 1.54) is 28.9 Å². The Labute approximate surface area is 142 Å². The van der Waals surface area contributed by atoms with Crippen molar-refractivity contribution < 1.29 is 13.2 Å². The molecule has 1 N–H and O–H groups in total. The third-order valence-corrected chi connectivity index (χ3v) is 4.96. The maximum Gasteiger partial charge on any atom is 0.263 e. The van der Waals surface area contributed by atoms with Crippen molar-refractivity contribution in [2.75, 3.05) is 4.72 Å². The molecule has 24 heavy (non-hydrogen) atoms. The van der Waals surface area contributed by atoms with E-state index in [1.807, 2.05) is 13.8 Å². The van der Waals surface area contributed by atoms with E-state index >= 15 is 0 Å². The Morgan fingerprint density at radius 3 is 2.21 bits per heavy atom. The molecule has 0 amide bonds. The van der Waals surface area contributed by atoms with Crippen LogP contribution in [0.4, 0.5) is 5.82 Å². The molecule has 2 aromatic rings. The van der Waals surface area contributed by atoms with Crippen LogP contribution in [-0.4, -0.2) is 29.2 Å². The molecule has 1 aromatic carbocycles. The molecule has 0 fully saturated rings. The van der Waals surface area contributed by atoms with Crippen molar-refractivity contribution in [3.63, 3.8) is 0 Å². The standard InChI is InChI=1S/C16H22N4O3S/c1-10(2)14-16(20(5)19-17-14)18-24(22,23)13-8-6-12(7-9-13)15(21)11(3)4/h6-11,18H,1-5H3. The maximum atomic E-state index is 12.6. The zero-order valence-electron chi connectivity index (χ0n) is 14.4. The van der Waals surface area contributed by atoms with Crippen molar-refractivity contribution >= 4 is 21.6 Å². The summed E-state index contributed by atoms with van der Waals surface area (Å²) in [5.41, 5.74) is 1.07. The van der Waals surface area contributed by atoms with Crippen molar-refractivity contribution in [2.45, 2.75) is 38.5 Å². The third kappa shape index (κ3) is 3.64. The van der Waals surface area contributed by atoms with Crippen molar-refractivity contribution in [3.8, 4) is 0 Å². The van der Waals surface area contributed by atoms with E-state index in [9.17, 15) is 13.2 Å². The smallest absolute Gasteiger partial charge is 0.263 e. The van der Waals surface area contributed by atoms with Crippen molar-refractivity contribution in [3.05, 3.63) is 35.5 Å². The number of aromatic nitrogens is 3. The summed E-state index contributed by atoms with van der Waals surface area (Å²) < 4.78 is 29.1. The molecule has 2 rings (SSSR count). The summed E-state index contributed by atoms with van der Waals surface area (Å²) in [6.45, 7) is 7.43. The van der Waals surface area contributed by atoms with Crippen molar-refractivity contribution in [1.82, 2.24) is 15.0 Å². The average Bonchev–Trinajstić information content (AvgIpc) is 2.87. The predicted octanol–water partition coefficient (Wildman–Crippen LogP) is 2.58. The summed E-state index contributed by atoms with van der Waals surface area (Å²) in [5.74, 6) is 0.208. The fraction of sp³-hybridized carbons (Fsp3) is 0.438. The van der Waals surface area contributed by atoms with Crippen molar-refractivity contribution in [1.29, 1.82) is 0 Å². The normalized spacial score (nSPS) is 12.0. The lowest BCUT2D eigenvalue weighted by atomic mass is 10.0. The Morgan fingerprint density at radius 2 is 1.71 bits per heavy atom. The first-order valence-corrected chi connectivity index (χ1v) is 9.18. The molecule has 0 atom stereocenters. The lowest BCUT2D eigenvalue weighted by molar-refractivity contribution is 0.0939. The highest BCUT2D eigenvalue weighted by molar-refractivity contribution is 7.92. The number of aryl methyl sites for hydroxylation is 1. The molecule has 0 aliphatic rings. The number of ketones is 1. The second kappa shape index (κ2) is 6.72. The number of anilines is 1. The molecule has 0 unspecified atom stereocenters. The molecule has 0 bridgehead atoms. The minimum absolute atomic E-state index is 0.0233. The van der Waals surface area contributed by atoms with Crippen LogP contribution in [-0.2, 0) is 17.1 Å². The maximum absolute atomic E-state index is 12.6. The van der Waals surface area contributed by atoms with Crippen LogP contribution < -0.4 is 4.72 Å². The Bertz CT molecular complexity index is 837. The molecule has 0 aliphatic heterocycles. The lowest BCUT2D eigenvalue weighted by Crippen LogP contribution is -2.17. The van der Waals surface area contributed by atoms with Gasteiger partial charge < -0.3 is 0 Å². The molecular formula is C16H22N4O3S. The molecule has 1 aromatic heterocycles. The summed E-state index contributed by atoms with van der Waals surface area (Å²) in [5, 5.41) is 7.86. The minimum atomic E-state index is -3.79. The topological polar surface area (TPSA) is 93.9 Å². The summed E-state index contributed by atoms with van der Waals surface area (Å²) in [6, 6.07) is 5.91. The Kier molecular flexibility index (Phi) is 5.08. The Hall–Kier alpha value is -2.22. The van der Waals surface area contributed by atoms with Crippen LogP contribution in [0.3, 0.4) is 0 Å². The summed E-state index contributed by atoms with van der Waals surface area (Å²) in [6.07, 6.45) is 0. The zero-order chi connectivity index (χ0) is 18.1. The molecule has 130 valence electrons. The molecular weight excluding hydrogens is 328 g/mol. The van der Waals surface area contributed by atoms with Gasteiger partial charge in [-0.2, -0.15) is 0 Å². The molecule has 0 radical (unpaired) electrons. The largest absolute Gasteiger partial charge is 0.294 e. The molecule has 0 saturated heterocycles. The monoisotopic (exact) mass is 350 g/mol. The zero-order valence-corrected chi connectivity index (χ0v) is 15.3. The number of nitrogens with one attached hydrogen (secondary N) is 1. The highest BCUT2D eigenvalue weighted by Gasteiger charge is 2.22. The number of hydrogen-bond acceptors (Lipinski definition) is 5. The van der Waals surface area contributed by atoms with Gasteiger partial charge in [-0.3, -0.25) is 9.52 Å². The number of benzene rings is 1. The van der Waals surface area contributed by atoms with Gasteiger partial charge in [-0.25, -0.2) is 13.1 Å². The highest BCUT2D eigenvalue weighted by atomic mass is 32.2. The molecule has 0 aliphatic carbocycles. The average molecular weight is 350 g/mol. The first kappa shape index (κ1) is 18.1. The van der Waals surface area contributed by atoms with Crippen LogP contribution in [0.15, 0.2) is 29.2 Å². The lowest BCUT2D eigenvalue weighted by Gasteiger charge is -2.11. The number of hydrogen-bond donors (Lipinski definition) is 1. The van der Waals surface area contributed by atoms with E-state index < -0.39 is 10.0 Å². The third-order valence-electron chi connectivity index (χ3n) is 3.60. The first-order valence-electron chi connectivity index (χ1n) is 7.70. The second-order valence-electron chi connectivity index (χ2n) is 6.25. The number of carbonyl (C=O) groups is 1. The number of nitrogens with zero attached hydrogens (tertiary/aromatic N) is 3. The summed E-state index contributed by atoms with van der Waals surface area (Å²) >= 11 is 0. The van der Waals surface area contributed by atoms with Gasteiger partial charge in [-0.05, 0) is 12.1 Å². The van der Waals surface area contributed by atoms with Gasteiger partial charge in [0.2, 0.25) is 0 Å². The Morgan fingerprint density at radius 1 is 1.12 bits per heavy atom. The second-order valence-corrected chi connectivity index (χ2v) is 7.93. The highest BCUT2D eigenvalue weighted by Crippen LogP contribution is 2.24. The van der Waals surface area contributed by atoms with E-state index in [2.05, 4.69) is 15.0 Å². The van der Waals surface area contributed by atoms with Crippen LogP contribution in [0.1, 0.15) is 49.7 Å². The van der Waals surface area contributed by atoms with Gasteiger partial charge in [0, 0.05) is 24.4 Å². The number of rotatable bonds is 6. The molecule has 0 saturated carbocycles. The predicted molar refractivity (Wildman–Crippen MR) is 91.5 cm³/mol. The van der Waals surface area contributed by atoms with Gasteiger partial charge in [0.05, 0.1) is 4.90 Å². The van der Waals surface area contributed by atoms with Gasteiger partial charge in [-0.15, -0.1) is 5.10 Å². The van der Waals surface area contributed by atoms with Crippen LogP contribution in [0.25, 0.3) is 0 Å². The van der Waals surface area contributed by atoms with Gasteiger partial charge in [0.15, 0.2) is 11.6 Å². The SMILES string of the molecule is CC(C)C(=O)c1ccc(S(=O)(=O)Nc2c(C(C)C)nnn2C)cc1. The molecule has 7 nitrogen and oxygen atoms in total. The number of carbonyl (C=O) groups excluding carboxylic acids is 1. The van der Waals surface area contributed by atoms with E-state index in [-0.39, 0.29) is 22.5 Å². The van der Waals surface area contributed by atoms with Crippen molar-refractivity contribution in [2.24, 2.45) is 13.0 Å². The van der Waals surface area contributed by atoms with E-state index in [0.717, 1.165) is 0 Å². The van der Waals surface area contributed by atoms with Gasteiger partial charge in [-0.1, -0.05) is 45.0 Å². The van der Waals surface area contributed by atoms with Crippen LogP contribution in [0.2, 0.25) is 0 Å². The fourth-order valence-electron chi connectivity index (χ4n) is 2.20. The minimum Gasteiger partial charge on any atom is -0.294 e. The Balaban J connectivity index is 2.32. The molecule has 8 heteroatoms. The van der Waals surface area contributed by atoms with Crippen LogP contribution >= 0.6 is 0 Å². The quantitative estimate of drug-likeness (QED) is 0.808.